The van der Waals surface area contributed by atoms with E-state index in [9.17, 15) is 12.8 Å². The Bertz CT molecular complexity index is 490. The summed E-state index contributed by atoms with van der Waals surface area (Å²) >= 11 is 3.09. The van der Waals surface area contributed by atoms with Crippen molar-refractivity contribution in [3.63, 3.8) is 0 Å². The lowest BCUT2D eigenvalue weighted by molar-refractivity contribution is 0.528. The molecule has 0 heterocycles. The highest BCUT2D eigenvalue weighted by Gasteiger charge is 2.20. The van der Waals surface area contributed by atoms with Gasteiger partial charge in [-0.05, 0) is 28.5 Å². The molecule has 3 nitrogen and oxygen atoms in total. The van der Waals surface area contributed by atoms with Crippen LogP contribution in [0.15, 0.2) is 22.7 Å². The Labute approximate surface area is 109 Å². The van der Waals surface area contributed by atoms with Crippen LogP contribution < -0.4 is 5.32 Å². The van der Waals surface area contributed by atoms with E-state index < -0.39 is 21.7 Å². The number of hydrogen-bond donors (Lipinski definition) is 1. The molecule has 17 heavy (non-hydrogen) atoms. The second-order valence-electron chi connectivity index (χ2n) is 3.85. The molecule has 0 aliphatic rings. The fourth-order valence-electron chi connectivity index (χ4n) is 1.60. The predicted octanol–water partition coefficient (Wildman–Crippen LogP) is 2.28. The third kappa shape index (κ3) is 4.37. The Morgan fingerprint density at radius 2 is 2.12 bits per heavy atom. The summed E-state index contributed by atoms with van der Waals surface area (Å²) in [7, 11) is -3.17. The first-order chi connectivity index (χ1) is 7.85. The first-order valence-corrected chi connectivity index (χ1v) is 8.05. The Balaban J connectivity index is 3.09. The van der Waals surface area contributed by atoms with Gasteiger partial charge >= 0.3 is 0 Å². The summed E-state index contributed by atoms with van der Waals surface area (Å²) in [5.74, 6) is -0.532. The molecule has 1 atom stereocenters. The lowest BCUT2D eigenvalue weighted by Gasteiger charge is -2.18. The van der Waals surface area contributed by atoms with Gasteiger partial charge in [0.2, 0.25) is 0 Å². The van der Waals surface area contributed by atoms with E-state index in [1.807, 2.05) is 6.92 Å². The quantitative estimate of drug-likeness (QED) is 0.904. The number of nitrogens with one attached hydrogen (secondary N) is 1. The number of sulfone groups is 1. The molecule has 0 saturated carbocycles. The van der Waals surface area contributed by atoms with Gasteiger partial charge in [0.15, 0.2) is 0 Å². The Morgan fingerprint density at radius 3 is 2.65 bits per heavy atom. The molecule has 1 unspecified atom stereocenters. The van der Waals surface area contributed by atoms with Crippen LogP contribution in [-0.2, 0) is 9.84 Å². The number of hydrogen-bond acceptors (Lipinski definition) is 3. The van der Waals surface area contributed by atoms with Gasteiger partial charge in [-0.25, -0.2) is 12.8 Å². The van der Waals surface area contributed by atoms with Crippen LogP contribution in [0.5, 0.6) is 0 Å². The van der Waals surface area contributed by atoms with Crippen molar-refractivity contribution in [2.45, 2.75) is 13.0 Å². The van der Waals surface area contributed by atoms with E-state index in [-0.39, 0.29) is 5.75 Å². The van der Waals surface area contributed by atoms with Crippen LogP contribution in [0.4, 0.5) is 4.39 Å². The highest BCUT2D eigenvalue weighted by atomic mass is 79.9. The van der Waals surface area contributed by atoms with Gasteiger partial charge in [0, 0.05) is 17.9 Å². The van der Waals surface area contributed by atoms with E-state index in [1.54, 1.807) is 18.2 Å². The molecular formula is C11H15BrFNO2S. The maximum atomic E-state index is 13.9. The molecule has 0 aliphatic carbocycles. The van der Waals surface area contributed by atoms with Crippen LogP contribution in [0.25, 0.3) is 0 Å². The van der Waals surface area contributed by atoms with Crippen molar-refractivity contribution in [1.29, 1.82) is 0 Å². The van der Waals surface area contributed by atoms with Crippen LogP contribution in [0, 0.1) is 5.82 Å². The third-order valence-electron chi connectivity index (χ3n) is 2.28. The second kappa shape index (κ2) is 5.93. The molecule has 0 aliphatic heterocycles. The fourth-order valence-corrected chi connectivity index (χ4v) is 2.88. The first-order valence-electron chi connectivity index (χ1n) is 5.20. The average Bonchev–Trinajstić information content (AvgIpc) is 2.19. The fraction of sp³-hybridized carbons (Fsp3) is 0.455. The lowest BCUT2D eigenvalue weighted by atomic mass is 10.1. The van der Waals surface area contributed by atoms with E-state index in [4.69, 9.17) is 0 Å². The highest BCUT2D eigenvalue weighted by molar-refractivity contribution is 9.10. The number of rotatable bonds is 5. The summed E-state index contributed by atoms with van der Waals surface area (Å²) in [6, 6.07) is 4.35. The zero-order valence-electron chi connectivity index (χ0n) is 9.70. The molecule has 6 heteroatoms. The van der Waals surface area contributed by atoms with Crippen LogP contribution in [-0.4, -0.2) is 27.0 Å². The zero-order valence-corrected chi connectivity index (χ0v) is 12.1. The molecule has 0 amide bonds. The van der Waals surface area contributed by atoms with Gasteiger partial charge in [-0.2, -0.15) is 0 Å². The Morgan fingerprint density at radius 1 is 1.47 bits per heavy atom. The molecule has 0 saturated heterocycles. The van der Waals surface area contributed by atoms with Gasteiger partial charge in [0.05, 0.1) is 10.2 Å². The predicted molar refractivity (Wildman–Crippen MR) is 70.2 cm³/mol. The molecular weight excluding hydrogens is 309 g/mol. The third-order valence-corrected chi connectivity index (χ3v) is 3.83. The van der Waals surface area contributed by atoms with Crippen molar-refractivity contribution < 1.29 is 12.8 Å². The maximum absolute atomic E-state index is 13.9. The molecule has 0 radical (unpaired) electrons. The molecule has 1 aromatic rings. The van der Waals surface area contributed by atoms with E-state index >= 15 is 0 Å². The van der Waals surface area contributed by atoms with Crippen LogP contribution in [0.3, 0.4) is 0 Å². The molecule has 0 spiro atoms. The molecule has 1 rings (SSSR count). The van der Waals surface area contributed by atoms with Crippen molar-refractivity contribution in [1.82, 2.24) is 5.32 Å². The van der Waals surface area contributed by atoms with Gasteiger partial charge in [-0.3, -0.25) is 0 Å². The Kier molecular flexibility index (Phi) is 5.09. The standard InChI is InChI=1S/C11H15BrFNO2S/c1-3-14-10(7-17(2,15)16)8-5-4-6-9(12)11(8)13/h4-6,10,14H,3,7H2,1-2H3. The van der Waals surface area contributed by atoms with E-state index in [0.29, 0.717) is 16.6 Å². The highest BCUT2D eigenvalue weighted by Crippen LogP contribution is 2.24. The van der Waals surface area contributed by atoms with E-state index in [0.717, 1.165) is 6.26 Å². The number of benzene rings is 1. The minimum atomic E-state index is -3.17. The molecule has 0 fully saturated rings. The normalized spacial score (nSPS) is 13.6. The number of halogens is 2. The van der Waals surface area contributed by atoms with Crippen LogP contribution in [0.1, 0.15) is 18.5 Å². The molecule has 96 valence electrons. The summed E-state index contributed by atoms with van der Waals surface area (Å²) in [5, 5.41) is 2.98. The summed E-state index contributed by atoms with van der Waals surface area (Å²) in [4.78, 5) is 0. The molecule has 1 aromatic carbocycles. The SMILES string of the molecule is CCNC(CS(C)(=O)=O)c1cccc(Br)c1F. The molecule has 0 bridgehead atoms. The summed E-state index contributed by atoms with van der Waals surface area (Å²) in [6.07, 6.45) is 1.15. The summed E-state index contributed by atoms with van der Waals surface area (Å²) < 4.78 is 36.8. The van der Waals surface area contributed by atoms with Crippen LogP contribution >= 0.6 is 15.9 Å². The van der Waals surface area contributed by atoms with Crippen LogP contribution in [0.2, 0.25) is 0 Å². The smallest absolute Gasteiger partial charge is 0.149 e. The van der Waals surface area contributed by atoms with Crippen molar-refractivity contribution in [2.75, 3.05) is 18.6 Å². The molecule has 0 aromatic heterocycles. The average molecular weight is 324 g/mol. The van der Waals surface area contributed by atoms with Gasteiger partial charge in [0.25, 0.3) is 0 Å². The zero-order chi connectivity index (χ0) is 13.1. The van der Waals surface area contributed by atoms with Gasteiger partial charge < -0.3 is 5.32 Å². The van der Waals surface area contributed by atoms with Crippen molar-refractivity contribution >= 4 is 25.8 Å². The molecule has 1 N–H and O–H groups in total. The lowest BCUT2D eigenvalue weighted by Crippen LogP contribution is -2.28. The van der Waals surface area contributed by atoms with E-state index in [1.165, 1.54) is 0 Å². The minimum absolute atomic E-state index is 0.117. The van der Waals surface area contributed by atoms with Gasteiger partial charge in [-0.15, -0.1) is 0 Å². The summed E-state index contributed by atoms with van der Waals surface area (Å²) in [5.41, 5.74) is 0.367. The van der Waals surface area contributed by atoms with Gasteiger partial charge in [0.1, 0.15) is 15.7 Å². The maximum Gasteiger partial charge on any atom is 0.149 e. The monoisotopic (exact) mass is 323 g/mol. The van der Waals surface area contributed by atoms with Crippen molar-refractivity contribution in [3.8, 4) is 0 Å². The summed E-state index contributed by atoms with van der Waals surface area (Å²) in [6.45, 7) is 2.43. The topological polar surface area (TPSA) is 46.2 Å². The van der Waals surface area contributed by atoms with E-state index in [2.05, 4.69) is 21.2 Å². The largest absolute Gasteiger partial charge is 0.309 e. The van der Waals surface area contributed by atoms with Crippen molar-refractivity contribution in [3.05, 3.63) is 34.1 Å². The minimum Gasteiger partial charge on any atom is -0.309 e. The first kappa shape index (κ1) is 14.6. The Hall–Kier alpha value is -0.460. The van der Waals surface area contributed by atoms with Crippen molar-refractivity contribution in [2.24, 2.45) is 0 Å². The van der Waals surface area contributed by atoms with Gasteiger partial charge in [-0.1, -0.05) is 19.1 Å². The second-order valence-corrected chi connectivity index (χ2v) is 6.88.